The minimum Gasteiger partial charge on any atom is -0.326 e. The molecular weight excluding hydrogens is 252 g/mol. The first-order chi connectivity index (χ1) is 9.21. The molecule has 0 fully saturated rings. The Kier molecular flexibility index (Phi) is 4.97. The Balaban J connectivity index is 2.37. The van der Waals surface area contributed by atoms with Gasteiger partial charge in [0, 0.05) is 28.7 Å². The largest absolute Gasteiger partial charge is 0.326 e. The third kappa shape index (κ3) is 2.99. The predicted molar refractivity (Wildman–Crippen MR) is 85.6 cm³/mol. The van der Waals surface area contributed by atoms with Crippen molar-refractivity contribution in [2.75, 3.05) is 6.54 Å². The van der Waals surface area contributed by atoms with Gasteiger partial charge in [0.05, 0.1) is 0 Å². The van der Waals surface area contributed by atoms with Gasteiger partial charge in [-0.05, 0) is 36.9 Å². The maximum atomic E-state index is 5.93. The first-order valence-corrected chi connectivity index (χ1v) is 7.96. The second-order valence-corrected chi connectivity index (χ2v) is 6.16. The highest BCUT2D eigenvalue weighted by Crippen LogP contribution is 2.32. The van der Waals surface area contributed by atoms with Crippen molar-refractivity contribution >= 4 is 21.4 Å². The number of benzene rings is 1. The average molecular weight is 276 g/mol. The highest BCUT2D eigenvalue weighted by atomic mass is 32.1. The lowest BCUT2D eigenvalue weighted by atomic mass is 10.1. The molecule has 0 aliphatic carbocycles. The number of nitrogens with two attached hydrogens (primary N) is 1. The predicted octanol–water partition coefficient (Wildman–Crippen LogP) is 3.98. The fraction of sp³-hybridized carbons (Fsp3) is 0.500. The lowest BCUT2D eigenvalue weighted by Crippen LogP contribution is -2.32. The van der Waals surface area contributed by atoms with Crippen LogP contribution in [0, 0.1) is 0 Å². The van der Waals surface area contributed by atoms with E-state index < -0.39 is 0 Å². The highest BCUT2D eigenvalue weighted by Gasteiger charge is 2.16. The van der Waals surface area contributed by atoms with E-state index in [1.807, 2.05) is 11.3 Å². The molecule has 0 aliphatic rings. The fourth-order valence-corrected chi connectivity index (χ4v) is 3.62. The standard InChI is InChI=1S/C16H24N2S/c1-4-12(3)18(5-2)11-14-13-8-6-7-9-15(13)19-16(14)10-17/h6-9,12H,4-5,10-11,17H2,1-3H3. The van der Waals surface area contributed by atoms with E-state index in [9.17, 15) is 0 Å². The number of hydrogen-bond acceptors (Lipinski definition) is 3. The van der Waals surface area contributed by atoms with Crippen molar-refractivity contribution in [3.8, 4) is 0 Å². The van der Waals surface area contributed by atoms with Crippen LogP contribution in [0.4, 0.5) is 0 Å². The summed E-state index contributed by atoms with van der Waals surface area (Å²) in [7, 11) is 0. The van der Waals surface area contributed by atoms with E-state index in [4.69, 9.17) is 5.73 Å². The molecule has 0 bridgehead atoms. The van der Waals surface area contributed by atoms with Gasteiger partial charge in [0.15, 0.2) is 0 Å². The summed E-state index contributed by atoms with van der Waals surface area (Å²) >= 11 is 1.84. The Bertz CT molecular complexity index is 533. The van der Waals surface area contributed by atoms with E-state index in [1.54, 1.807) is 0 Å². The van der Waals surface area contributed by atoms with Gasteiger partial charge in [0.2, 0.25) is 0 Å². The van der Waals surface area contributed by atoms with Crippen LogP contribution < -0.4 is 5.73 Å². The van der Waals surface area contributed by atoms with Gasteiger partial charge in [-0.2, -0.15) is 0 Å². The zero-order valence-electron chi connectivity index (χ0n) is 12.1. The third-order valence-electron chi connectivity index (χ3n) is 3.95. The Morgan fingerprint density at radius 3 is 2.63 bits per heavy atom. The molecule has 1 heterocycles. The molecule has 2 aromatic rings. The molecule has 1 aromatic heterocycles. The van der Waals surface area contributed by atoms with Crippen LogP contribution in [-0.2, 0) is 13.1 Å². The Morgan fingerprint density at radius 1 is 1.26 bits per heavy atom. The number of hydrogen-bond donors (Lipinski definition) is 1. The minimum atomic E-state index is 0.620. The van der Waals surface area contributed by atoms with Crippen LogP contribution in [0.15, 0.2) is 24.3 Å². The van der Waals surface area contributed by atoms with Crippen molar-refractivity contribution in [2.45, 2.75) is 46.3 Å². The molecular formula is C16H24N2S. The highest BCUT2D eigenvalue weighted by molar-refractivity contribution is 7.19. The van der Waals surface area contributed by atoms with Crippen LogP contribution >= 0.6 is 11.3 Å². The summed E-state index contributed by atoms with van der Waals surface area (Å²) in [5.41, 5.74) is 7.37. The summed E-state index contributed by atoms with van der Waals surface area (Å²) in [5.74, 6) is 0. The quantitative estimate of drug-likeness (QED) is 0.864. The van der Waals surface area contributed by atoms with E-state index in [1.165, 1.54) is 26.9 Å². The first-order valence-electron chi connectivity index (χ1n) is 7.14. The number of fused-ring (bicyclic) bond motifs is 1. The fourth-order valence-electron chi connectivity index (χ4n) is 2.53. The van der Waals surface area contributed by atoms with E-state index in [0.29, 0.717) is 12.6 Å². The zero-order chi connectivity index (χ0) is 13.8. The molecule has 2 rings (SSSR count). The number of nitrogens with zero attached hydrogens (tertiary/aromatic N) is 1. The summed E-state index contributed by atoms with van der Waals surface area (Å²) in [5, 5.41) is 1.38. The van der Waals surface area contributed by atoms with Crippen LogP contribution in [0.25, 0.3) is 10.1 Å². The van der Waals surface area contributed by atoms with Crippen molar-refractivity contribution in [3.63, 3.8) is 0 Å². The zero-order valence-corrected chi connectivity index (χ0v) is 13.0. The molecule has 1 aromatic carbocycles. The SMILES string of the molecule is CCC(C)N(CC)Cc1c(CN)sc2ccccc12. The second-order valence-electron chi connectivity index (χ2n) is 5.02. The molecule has 104 valence electrons. The van der Waals surface area contributed by atoms with Crippen LogP contribution in [0.1, 0.15) is 37.6 Å². The van der Waals surface area contributed by atoms with Gasteiger partial charge >= 0.3 is 0 Å². The molecule has 2 N–H and O–H groups in total. The molecule has 0 radical (unpaired) electrons. The molecule has 19 heavy (non-hydrogen) atoms. The summed E-state index contributed by atoms with van der Waals surface area (Å²) < 4.78 is 1.36. The Labute approximate surface area is 120 Å². The topological polar surface area (TPSA) is 29.3 Å². The molecule has 0 saturated heterocycles. The summed E-state index contributed by atoms with van der Waals surface area (Å²) in [6.45, 7) is 9.55. The number of thiophene rings is 1. The maximum Gasteiger partial charge on any atom is 0.0349 e. The van der Waals surface area contributed by atoms with Crippen molar-refractivity contribution in [3.05, 3.63) is 34.7 Å². The monoisotopic (exact) mass is 276 g/mol. The summed E-state index contributed by atoms with van der Waals surface area (Å²) in [6, 6.07) is 9.27. The van der Waals surface area contributed by atoms with Gasteiger partial charge in [-0.3, -0.25) is 4.90 Å². The van der Waals surface area contributed by atoms with E-state index in [-0.39, 0.29) is 0 Å². The van der Waals surface area contributed by atoms with Crippen molar-refractivity contribution in [2.24, 2.45) is 5.73 Å². The third-order valence-corrected chi connectivity index (χ3v) is 5.18. The van der Waals surface area contributed by atoms with Gasteiger partial charge < -0.3 is 5.73 Å². The summed E-state index contributed by atoms with van der Waals surface area (Å²) in [6.07, 6.45) is 1.19. The number of rotatable bonds is 6. The molecule has 0 spiro atoms. The van der Waals surface area contributed by atoms with Crippen LogP contribution in [0.5, 0.6) is 0 Å². The smallest absolute Gasteiger partial charge is 0.0349 e. The van der Waals surface area contributed by atoms with Gasteiger partial charge in [-0.1, -0.05) is 32.0 Å². The lowest BCUT2D eigenvalue weighted by Gasteiger charge is -2.27. The van der Waals surface area contributed by atoms with Gasteiger partial charge in [0.25, 0.3) is 0 Å². The molecule has 3 heteroatoms. The van der Waals surface area contributed by atoms with Crippen molar-refractivity contribution < 1.29 is 0 Å². The lowest BCUT2D eigenvalue weighted by molar-refractivity contribution is 0.206. The Morgan fingerprint density at radius 2 is 2.00 bits per heavy atom. The van der Waals surface area contributed by atoms with E-state index >= 15 is 0 Å². The molecule has 2 nitrogen and oxygen atoms in total. The summed E-state index contributed by atoms with van der Waals surface area (Å²) in [4.78, 5) is 3.87. The van der Waals surface area contributed by atoms with E-state index in [0.717, 1.165) is 13.1 Å². The van der Waals surface area contributed by atoms with Crippen molar-refractivity contribution in [1.82, 2.24) is 4.90 Å². The molecule has 1 unspecified atom stereocenters. The van der Waals surface area contributed by atoms with Crippen LogP contribution in [-0.4, -0.2) is 17.5 Å². The first kappa shape index (κ1) is 14.5. The molecule has 0 amide bonds. The minimum absolute atomic E-state index is 0.620. The van der Waals surface area contributed by atoms with E-state index in [2.05, 4.69) is 49.9 Å². The normalized spacial score (nSPS) is 13.3. The van der Waals surface area contributed by atoms with Crippen LogP contribution in [0.2, 0.25) is 0 Å². The van der Waals surface area contributed by atoms with Gasteiger partial charge in [-0.15, -0.1) is 11.3 Å². The van der Waals surface area contributed by atoms with Gasteiger partial charge in [-0.25, -0.2) is 0 Å². The second kappa shape index (κ2) is 6.51. The Hall–Kier alpha value is -0.900. The van der Waals surface area contributed by atoms with Gasteiger partial charge in [0.1, 0.15) is 0 Å². The van der Waals surface area contributed by atoms with Crippen molar-refractivity contribution in [1.29, 1.82) is 0 Å². The average Bonchev–Trinajstić information content (AvgIpc) is 2.81. The molecule has 0 saturated carbocycles. The maximum absolute atomic E-state index is 5.93. The molecule has 1 atom stereocenters. The van der Waals surface area contributed by atoms with Crippen LogP contribution in [0.3, 0.4) is 0 Å². The molecule has 0 aliphatic heterocycles.